The van der Waals surface area contributed by atoms with Gasteiger partial charge in [0.1, 0.15) is 10.2 Å². The van der Waals surface area contributed by atoms with Gasteiger partial charge in [-0.15, -0.1) is 0 Å². The van der Waals surface area contributed by atoms with Crippen molar-refractivity contribution in [1.82, 2.24) is 0 Å². The van der Waals surface area contributed by atoms with E-state index in [-0.39, 0.29) is 23.4 Å². The molecule has 1 aliphatic heterocycles. The van der Waals surface area contributed by atoms with E-state index in [0.717, 1.165) is 15.8 Å². The fourth-order valence-corrected chi connectivity index (χ4v) is 4.78. The molecule has 0 saturated carbocycles. The van der Waals surface area contributed by atoms with Crippen LogP contribution in [0.3, 0.4) is 0 Å². The molecule has 4 rings (SSSR count). The Kier molecular flexibility index (Phi) is 6.69. The summed E-state index contributed by atoms with van der Waals surface area (Å²) in [6, 6.07) is 20.2. The number of aliphatic imine (C=N–C) groups is 1. The summed E-state index contributed by atoms with van der Waals surface area (Å²) in [5, 5.41) is 5.51. The van der Waals surface area contributed by atoms with Crippen LogP contribution in [0.15, 0.2) is 77.8 Å². The second-order valence-electron chi connectivity index (χ2n) is 6.64. The van der Waals surface area contributed by atoms with Gasteiger partial charge in [0.15, 0.2) is 0 Å². The molecule has 1 aliphatic rings. The lowest BCUT2D eigenvalue weighted by molar-refractivity contribution is -0.113. The van der Waals surface area contributed by atoms with E-state index in [9.17, 15) is 14.0 Å². The van der Waals surface area contributed by atoms with Gasteiger partial charge < -0.3 is 10.6 Å². The number of carbonyl (C=O) groups excluding carboxylic acids is 2. The van der Waals surface area contributed by atoms with Crippen LogP contribution >= 0.6 is 23.5 Å². The second kappa shape index (κ2) is 9.80. The molecule has 0 atom stereocenters. The highest BCUT2D eigenvalue weighted by molar-refractivity contribution is 8.38. The molecule has 1 heterocycles. The van der Waals surface area contributed by atoms with Gasteiger partial charge in [-0.25, -0.2) is 9.38 Å². The maximum Gasteiger partial charge on any atom is 0.257 e. The monoisotopic (exact) mass is 451 g/mol. The van der Waals surface area contributed by atoms with Crippen LogP contribution in [-0.2, 0) is 10.5 Å². The van der Waals surface area contributed by atoms with Crippen LogP contribution in [0.2, 0.25) is 0 Å². The summed E-state index contributed by atoms with van der Waals surface area (Å²) in [7, 11) is 0. The van der Waals surface area contributed by atoms with Crippen LogP contribution in [0.4, 0.5) is 21.5 Å². The van der Waals surface area contributed by atoms with Crippen molar-refractivity contribution in [2.45, 2.75) is 5.75 Å². The molecule has 31 heavy (non-hydrogen) atoms. The van der Waals surface area contributed by atoms with Crippen molar-refractivity contribution in [3.8, 4) is 0 Å². The van der Waals surface area contributed by atoms with Crippen molar-refractivity contribution in [1.29, 1.82) is 0 Å². The highest BCUT2D eigenvalue weighted by Crippen LogP contribution is 2.34. The molecule has 2 N–H and O–H groups in total. The summed E-state index contributed by atoms with van der Waals surface area (Å²) < 4.78 is 13.9. The molecule has 156 valence electrons. The third-order valence-corrected chi connectivity index (χ3v) is 6.67. The lowest BCUT2D eigenvalue weighted by atomic mass is 10.1. The third kappa shape index (κ3) is 5.53. The molecular weight excluding hydrogens is 433 g/mol. The van der Waals surface area contributed by atoms with Gasteiger partial charge in [0.25, 0.3) is 5.91 Å². The molecule has 0 spiro atoms. The largest absolute Gasteiger partial charge is 0.325 e. The number of benzene rings is 3. The normalized spacial score (nSPS) is 12.5. The molecule has 5 nitrogen and oxygen atoms in total. The van der Waals surface area contributed by atoms with Crippen LogP contribution in [-0.4, -0.2) is 21.9 Å². The minimum absolute atomic E-state index is 0.182. The zero-order valence-corrected chi connectivity index (χ0v) is 17.9. The zero-order chi connectivity index (χ0) is 21.6. The first-order chi connectivity index (χ1) is 15.1. The van der Waals surface area contributed by atoms with Crippen molar-refractivity contribution >= 4 is 56.8 Å². The number of rotatable bonds is 5. The Balaban J connectivity index is 1.38. The first kappa shape index (κ1) is 21.1. The zero-order valence-electron chi connectivity index (χ0n) is 16.3. The van der Waals surface area contributed by atoms with Gasteiger partial charge in [-0.05, 0) is 48.0 Å². The maximum absolute atomic E-state index is 13.1. The number of thioether (sulfide) groups is 2. The molecule has 8 heteroatoms. The number of hydrogen-bond donors (Lipinski definition) is 2. The Morgan fingerprint density at radius 2 is 1.71 bits per heavy atom. The number of amides is 2. The second-order valence-corrected chi connectivity index (χ2v) is 8.83. The number of para-hydroxylation sites is 2. The number of fused-ring (bicyclic) bond motifs is 1. The molecule has 0 saturated heterocycles. The molecule has 0 radical (unpaired) electrons. The first-order valence-electron chi connectivity index (χ1n) is 9.46. The van der Waals surface area contributed by atoms with E-state index in [1.54, 1.807) is 36.0 Å². The summed E-state index contributed by atoms with van der Waals surface area (Å²) in [5.41, 5.74) is 3.32. The summed E-state index contributed by atoms with van der Waals surface area (Å²) in [5.74, 6) is 0.0124. The van der Waals surface area contributed by atoms with E-state index in [1.807, 2.05) is 24.3 Å². The highest BCUT2D eigenvalue weighted by atomic mass is 32.2. The van der Waals surface area contributed by atoms with Gasteiger partial charge in [-0.3, -0.25) is 9.59 Å². The number of hydrogen-bond acceptors (Lipinski definition) is 5. The molecule has 0 bridgehead atoms. The standard InChI is InChI=1S/C23H18FN3O2S2/c24-16-9-11-17(12-10-16)25-22(29)18-6-2-4-8-20(18)26-21(28)14-31-23-27-19-7-3-1-5-15(19)13-30-23/h1-12H,13-14H2,(H,25,29)(H,26,28). The van der Waals surface area contributed by atoms with E-state index in [1.165, 1.54) is 41.6 Å². The van der Waals surface area contributed by atoms with Crippen LogP contribution in [0.5, 0.6) is 0 Å². The van der Waals surface area contributed by atoms with Crippen molar-refractivity contribution in [2.24, 2.45) is 4.99 Å². The quantitative estimate of drug-likeness (QED) is 0.523. The van der Waals surface area contributed by atoms with Crippen LogP contribution < -0.4 is 10.6 Å². The van der Waals surface area contributed by atoms with Gasteiger partial charge in [0, 0.05) is 11.4 Å². The molecule has 3 aromatic carbocycles. The Labute approximate surface area is 187 Å². The molecule has 0 unspecified atom stereocenters. The minimum atomic E-state index is -0.390. The van der Waals surface area contributed by atoms with Crippen molar-refractivity contribution in [2.75, 3.05) is 16.4 Å². The number of halogens is 1. The van der Waals surface area contributed by atoms with Gasteiger partial charge in [-0.2, -0.15) is 0 Å². The Bertz CT molecular complexity index is 1150. The fraction of sp³-hybridized carbons (Fsp3) is 0.0870. The molecule has 2 amide bonds. The van der Waals surface area contributed by atoms with Crippen LogP contribution in [0.25, 0.3) is 0 Å². The number of carbonyl (C=O) groups is 2. The van der Waals surface area contributed by atoms with Crippen LogP contribution in [0.1, 0.15) is 15.9 Å². The molecule has 0 aliphatic carbocycles. The van der Waals surface area contributed by atoms with Gasteiger partial charge in [0.05, 0.1) is 22.7 Å². The van der Waals surface area contributed by atoms with Gasteiger partial charge >= 0.3 is 0 Å². The third-order valence-electron chi connectivity index (χ3n) is 4.43. The van der Waals surface area contributed by atoms with Crippen molar-refractivity contribution in [3.63, 3.8) is 0 Å². The number of nitrogens with one attached hydrogen (secondary N) is 2. The van der Waals surface area contributed by atoms with E-state index >= 15 is 0 Å². The summed E-state index contributed by atoms with van der Waals surface area (Å²) in [6.07, 6.45) is 0. The average Bonchev–Trinajstić information content (AvgIpc) is 2.79. The SMILES string of the molecule is O=C(CSC1=Nc2ccccc2CS1)Nc1ccccc1C(=O)Nc1ccc(F)cc1. The topological polar surface area (TPSA) is 70.6 Å². The summed E-state index contributed by atoms with van der Waals surface area (Å²) in [6.45, 7) is 0. The molecular formula is C23H18FN3O2S2. The molecule has 0 fully saturated rings. The minimum Gasteiger partial charge on any atom is -0.325 e. The summed E-state index contributed by atoms with van der Waals surface area (Å²) >= 11 is 2.98. The van der Waals surface area contributed by atoms with Crippen molar-refractivity contribution < 1.29 is 14.0 Å². The molecule has 3 aromatic rings. The average molecular weight is 452 g/mol. The van der Waals surface area contributed by atoms with E-state index < -0.39 is 0 Å². The Morgan fingerprint density at radius 1 is 0.968 bits per heavy atom. The van der Waals surface area contributed by atoms with Crippen molar-refractivity contribution in [3.05, 3.63) is 89.7 Å². The maximum atomic E-state index is 13.1. The number of nitrogens with zero attached hydrogens (tertiary/aromatic N) is 1. The van der Waals surface area contributed by atoms with E-state index in [4.69, 9.17) is 0 Å². The summed E-state index contributed by atoms with van der Waals surface area (Å²) in [4.78, 5) is 29.7. The Morgan fingerprint density at radius 3 is 2.55 bits per heavy atom. The highest BCUT2D eigenvalue weighted by Gasteiger charge is 2.16. The van der Waals surface area contributed by atoms with E-state index in [2.05, 4.69) is 15.6 Å². The fourth-order valence-electron chi connectivity index (χ4n) is 2.92. The van der Waals surface area contributed by atoms with Gasteiger partial charge in [-0.1, -0.05) is 53.9 Å². The number of anilines is 2. The Hall–Kier alpha value is -3.10. The lowest BCUT2D eigenvalue weighted by Gasteiger charge is -2.14. The van der Waals surface area contributed by atoms with E-state index in [0.29, 0.717) is 16.9 Å². The lowest BCUT2D eigenvalue weighted by Crippen LogP contribution is -2.19. The predicted octanol–water partition coefficient (Wildman–Crippen LogP) is 5.68. The van der Waals surface area contributed by atoms with Crippen LogP contribution in [0, 0.1) is 5.82 Å². The predicted molar refractivity (Wildman–Crippen MR) is 127 cm³/mol. The smallest absolute Gasteiger partial charge is 0.257 e. The molecule has 0 aromatic heterocycles. The van der Waals surface area contributed by atoms with Gasteiger partial charge in [0.2, 0.25) is 5.91 Å². The first-order valence-corrected chi connectivity index (χ1v) is 11.4.